The normalized spacial score (nSPS) is 18.5. The van der Waals surface area contributed by atoms with Crippen LogP contribution in [0, 0.1) is 0 Å². The molecule has 8 nitrogen and oxygen atoms in total. The van der Waals surface area contributed by atoms with Crippen LogP contribution in [-0.2, 0) is 11.3 Å². The molecule has 2 fully saturated rings. The van der Waals surface area contributed by atoms with Gasteiger partial charge in [0, 0.05) is 45.0 Å². The smallest absolute Gasteiger partial charge is 0.409 e. The minimum Gasteiger partial charge on any atom is -0.450 e. The third kappa shape index (κ3) is 7.29. The Labute approximate surface area is 186 Å². The predicted octanol–water partition coefficient (Wildman–Crippen LogP) is 3.14. The molecule has 31 heavy (non-hydrogen) atoms. The fourth-order valence-corrected chi connectivity index (χ4v) is 4.10. The summed E-state index contributed by atoms with van der Waals surface area (Å²) in [5, 5.41) is 6.85. The maximum absolute atomic E-state index is 11.9. The van der Waals surface area contributed by atoms with Gasteiger partial charge in [0.05, 0.1) is 13.2 Å². The summed E-state index contributed by atoms with van der Waals surface area (Å²) in [5.41, 5.74) is 1.10. The van der Waals surface area contributed by atoms with E-state index >= 15 is 0 Å². The number of aromatic nitrogens is 1. The number of pyridine rings is 1. The minimum atomic E-state index is -0.211. The van der Waals surface area contributed by atoms with Crippen molar-refractivity contribution >= 4 is 17.9 Å². The Morgan fingerprint density at radius 3 is 2.48 bits per heavy atom. The molecule has 1 aromatic rings. The fraction of sp³-hybridized carbons (Fsp3) is 0.696. The quantitative estimate of drug-likeness (QED) is 0.533. The van der Waals surface area contributed by atoms with Gasteiger partial charge in [-0.15, -0.1) is 0 Å². The average molecular weight is 431 g/mol. The summed E-state index contributed by atoms with van der Waals surface area (Å²) in [6, 6.07) is 4.56. The number of nitrogens with one attached hydrogen (secondary N) is 2. The van der Waals surface area contributed by atoms with Crippen molar-refractivity contribution in [3.8, 4) is 0 Å². The number of piperidine rings is 1. The van der Waals surface area contributed by atoms with Crippen LogP contribution in [0.3, 0.4) is 0 Å². The largest absolute Gasteiger partial charge is 0.450 e. The highest BCUT2D eigenvalue weighted by atomic mass is 16.6. The first-order valence-electron chi connectivity index (χ1n) is 11.9. The van der Waals surface area contributed by atoms with Gasteiger partial charge >= 0.3 is 6.09 Å². The van der Waals surface area contributed by atoms with Gasteiger partial charge in [0.25, 0.3) is 0 Å². The van der Waals surface area contributed by atoms with Gasteiger partial charge < -0.3 is 25.2 Å². The Balaban J connectivity index is 1.51. The number of carbonyl (C=O) groups excluding carboxylic acids is 1. The van der Waals surface area contributed by atoms with Crippen LogP contribution in [0.4, 0.5) is 10.6 Å². The molecule has 8 heteroatoms. The number of hydrogen-bond donors (Lipinski definition) is 2. The molecule has 0 unspecified atom stereocenters. The highest BCUT2D eigenvalue weighted by Crippen LogP contribution is 2.18. The molecule has 0 radical (unpaired) electrons. The van der Waals surface area contributed by atoms with Crippen LogP contribution in [0.1, 0.15) is 57.9 Å². The Kier molecular flexibility index (Phi) is 9.24. The lowest BCUT2D eigenvalue weighted by atomic mass is 10.1. The average Bonchev–Trinajstić information content (AvgIpc) is 3.08. The standard InChI is InChI=1S/C23H38N6O2/c1-3-24-22(27-20-11-15-29(16-12-20)23(30)31-4-2)26-18-19-9-10-21(25-17-19)28-13-7-5-6-8-14-28/h9-10,17,20H,3-8,11-16,18H2,1-2H3,(H2,24,26,27). The summed E-state index contributed by atoms with van der Waals surface area (Å²) in [5.74, 6) is 1.89. The Hall–Kier alpha value is -2.51. The van der Waals surface area contributed by atoms with Crippen LogP contribution in [0.5, 0.6) is 0 Å². The highest BCUT2D eigenvalue weighted by molar-refractivity contribution is 5.80. The SMILES string of the molecule is CCNC(=NCc1ccc(N2CCCCCC2)nc1)NC1CCN(C(=O)OCC)CC1. The van der Waals surface area contributed by atoms with Gasteiger partial charge in [-0.2, -0.15) is 0 Å². The second-order valence-electron chi connectivity index (χ2n) is 8.23. The number of ether oxygens (including phenoxy) is 1. The van der Waals surface area contributed by atoms with E-state index in [0.29, 0.717) is 32.3 Å². The molecule has 2 N–H and O–H groups in total. The first-order valence-corrected chi connectivity index (χ1v) is 11.9. The van der Waals surface area contributed by atoms with E-state index in [9.17, 15) is 4.79 Å². The van der Waals surface area contributed by atoms with Crippen molar-refractivity contribution in [3.05, 3.63) is 23.9 Å². The number of carbonyl (C=O) groups is 1. The third-order valence-corrected chi connectivity index (χ3v) is 5.86. The Morgan fingerprint density at radius 1 is 1.13 bits per heavy atom. The lowest BCUT2D eigenvalue weighted by Gasteiger charge is -2.32. The van der Waals surface area contributed by atoms with E-state index in [4.69, 9.17) is 14.7 Å². The molecule has 2 saturated heterocycles. The molecule has 3 rings (SSSR count). The summed E-state index contributed by atoms with van der Waals surface area (Å²) in [7, 11) is 0. The van der Waals surface area contributed by atoms with Crippen molar-refractivity contribution in [1.29, 1.82) is 0 Å². The van der Waals surface area contributed by atoms with Crippen LogP contribution >= 0.6 is 0 Å². The van der Waals surface area contributed by atoms with Crippen LogP contribution in [0.25, 0.3) is 0 Å². The topological polar surface area (TPSA) is 82.1 Å². The van der Waals surface area contributed by atoms with Gasteiger partial charge in [-0.3, -0.25) is 0 Å². The van der Waals surface area contributed by atoms with Crippen molar-refractivity contribution < 1.29 is 9.53 Å². The zero-order chi connectivity index (χ0) is 21.9. The molecule has 0 aliphatic carbocycles. The van der Waals surface area contributed by atoms with Crippen LogP contribution < -0.4 is 15.5 Å². The van der Waals surface area contributed by atoms with E-state index in [1.54, 1.807) is 4.90 Å². The second-order valence-corrected chi connectivity index (χ2v) is 8.23. The van der Waals surface area contributed by atoms with Gasteiger partial charge in [0.1, 0.15) is 5.82 Å². The monoisotopic (exact) mass is 430 g/mol. The number of guanidine groups is 1. The highest BCUT2D eigenvalue weighted by Gasteiger charge is 2.24. The van der Waals surface area contributed by atoms with E-state index in [1.807, 2.05) is 13.1 Å². The molecule has 0 atom stereocenters. The fourth-order valence-electron chi connectivity index (χ4n) is 4.10. The van der Waals surface area contributed by atoms with Crippen LogP contribution in [0.2, 0.25) is 0 Å². The van der Waals surface area contributed by atoms with Gasteiger partial charge in [-0.05, 0) is 51.2 Å². The van der Waals surface area contributed by atoms with Crippen molar-refractivity contribution in [2.45, 2.75) is 65.0 Å². The van der Waals surface area contributed by atoms with Crippen LogP contribution in [0.15, 0.2) is 23.3 Å². The van der Waals surface area contributed by atoms with Crippen molar-refractivity contribution in [2.75, 3.05) is 44.2 Å². The minimum absolute atomic E-state index is 0.211. The predicted molar refractivity (Wildman–Crippen MR) is 124 cm³/mol. The summed E-state index contributed by atoms with van der Waals surface area (Å²) in [6.45, 7) is 9.34. The van der Waals surface area contributed by atoms with Gasteiger partial charge in [0.2, 0.25) is 0 Å². The number of amides is 1. The molecule has 3 heterocycles. The Bertz CT molecular complexity index is 693. The number of anilines is 1. The molecule has 2 aliphatic heterocycles. The van der Waals surface area contributed by atoms with E-state index in [1.165, 1.54) is 25.7 Å². The molecule has 0 spiro atoms. The van der Waals surface area contributed by atoms with Crippen molar-refractivity contribution in [3.63, 3.8) is 0 Å². The van der Waals surface area contributed by atoms with Crippen molar-refractivity contribution in [2.24, 2.45) is 4.99 Å². The summed E-state index contributed by atoms with van der Waals surface area (Å²) < 4.78 is 5.10. The summed E-state index contributed by atoms with van der Waals surface area (Å²) in [6.07, 6.45) is 8.67. The number of hydrogen-bond acceptors (Lipinski definition) is 5. The number of aliphatic imine (C=N–C) groups is 1. The van der Waals surface area contributed by atoms with Gasteiger partial charge in [-0.1, -0.05) is 18.9 Å². The molecular weight excluding hydrogens is 392 g/mol. The lowest BCUT2D eigenvalue weighted by molar-refractivity contribution is 0.0963. The molecule has 1 aromatic heterocycles. The van der Waals surface area contributed by atoms with Crippen molar-refractivity contribution in [1.82, 2.24) is 20.5 Å². The van der Waals surface area contributed by atoms with E-state index in [2.05, 4.69) is 34.6 Å². The summed E-state index contributed by atoms with van der Waals surface area (Å²) >= 11 is 0. The zero-order valence-electron chi connectivity index (χ0n) is 19.1. The molecule has 0 aromatic carbocycles. The first kappa shape index (κ1) is 23.2. The zero-order valence-corrected chi connectivity index (χ0v) is 19.1. The van der Waals surface area contributed by atoms with Gasteiger partial charge in [0.15, 0.2) is 5.96 Å². The summed E-state index contributed by atoms with van der Waals surface area (Å²) in [4.78, 5) is 25.5. The number of rotatable bonds is 6. The first-order chi connectivity index (χ1) is 15.2. The maximum atomic E-state index is 11.9. The number of nitrogens with zero attached hydrogens (tertiary/aromatic N) is 4. The lowest BCUT2D eigenvalue weighted by Crippen LogP contribution is -2.49. The van der Waals surface area contributed by atoms with Crippen LogP contribution in [-0.4, -0.2) is 67.3 Å². The maximum Gasteiger partial charge on any atom is 0.409 e. The molecular formula is C23H38N6O2. The third-order valence-electron chi connectivity index (χ3n) is 5.86. The number of likely N-dealkylation sites (tertiary alicyclic amines) is 1. The molecule has 0 bridgehead atoms. The van der Waals surface area contributed by atoms with E-state index in [-0.39, 0.29) is 6.09 Å². The molecule has 1 amide bonds. The van der Waals surface area contributed by atoms with Gasteiger partial charge in [-0.25, -0.2) is 14.8 Å². The molecule has 0 saturated carbocycles. The Morgan fingerprint density at radius 2 is 1.87 bits per heavy atom. The second kappa shape index (κ2) is 12.4. The van der Waals surface area contributed by atoms with E-state index < -0.39 is 0 Å². The van der Waals surface area contributed by atoms with E-state index in [0.717, 1.165) is 49.8 Å². The molecule has 172 valence electrons. The molecule has 2 aliphatic rings.